The number of nitrogens with one attached hydrogen (secondary N) is 1. The van der Waals surface area contributed by atoms with E-state index in [1.807, 2.05) is 31.2 Å². The second kappa shape index (κ2) is 4.94. The van der Waals surface area contributed by atoms with Crippen molar-refractivity contribution in [2.75, 3.05) is 19.4 Å². The first-order valence-electron chi connectivity index (χ1n) is 4.87. The molecule has 5 heteroatoms. The Hall–Kier alpha value is -1.62. The molecule has 88 valence electrons. The molecule has 0 aromatic heterocycles. The maximum Gasteiger partial charge on any atom is 0.409 e. The van der Waals surface area contributed by atoms with Crippen LogP contribution in [0.5, 0.6) is 0 Å². The molecular formula is C11H15FN2O2. The summed E-state index contributed by atoms with van der Waals surface area (Å²) in [7, 11) is 3.79. The van der Waals surface area contributed by atoms with E-state index in [2.05, 4.69) is 0 Å². The molecule has 0 aliphatic carbocycles. The lowest BCUT2D eigenvalue weighted by Crippen LogP contribution is -2.17. The predicted molar refractivity (Wildman–Crippen MR) is 60.1 cm³/mol. The molecule has 0 saturated carbocycles. The van der Waals surface area contributed by atoms with Gasteiger partial charge in [0.1, 0.15) is 5.82 Å². The average molecular weight is 226 g/mol. The molecule has 16 heavy (non-hydrogen) atoms. The van der Waals surface area contributed by atoms with Crippen LogP contribution < -0.4 is 5.32 Å². The molecule has 0 aliphatic heterocycles. The van der Waals surface area contributed by atoms with E-state index in [-0.39, 0.29) is 11.7 Å². The van der Waals surface area contributed by atoms with Crippen molar-refractivity contribution in [2.24, 2.45) is 0 Å². The van der Waals surface area contributed by atoms with Crippen LogP contribution in [0.4, 0.5) is 14.9 Å². The largest absolute Gasteiger partial charge is 0.465 e. The molecule has 1 amide bonds. The van der Waals surface area contributed by atoms with E-state index in [1.165, 1.54) is 12.1 Å². The number of hydrogen-bond acceptors (Lipinski definition) is 2. The molecule has 1 rings (SSSR count). The molecule has 0 spiro atoms. The topological polar surface area (TPSA) is 52.6 Å². The highest BCUT2D eigenvalue weighted by Crippen LogP contribution is 2.22. The minimum Gasteiger partial charge on any atom is -0.465 e. The normalized spacial score (nSPS) is 12.6. The monoisotopic (exact) mass is 226 g/mol. The summed E-state index contributed by atoms with van der Waals surface area (Å²) in [6.07, 6.45) is -1.27. The van der Waals surface area contributed by atoms with Gasteiger partial charge >= 0.3 is 6.09 Å². The minimum absolute atomic E-state index is 0.0257. The average Bonchev–Trinajstić information content (AvgIpc) is 2.19. The fourth-order valence-electron chi connectivity index (χ4n) is 1.31. The summed E-state index contributed by atoms with van der Waals surface area (Å²) >= 11 is 0. The van der Waals surface area contributed by atoms with E-state index in [4.69, 9.17) is 5.11 Å². The van der Waals surface area contributed by atoms with E-state index in [1.54, 1.807) is 6.07 Å². The van der Waals surface area contributed by atoms with Gasteiger partial charge in [-0.05, 0) is 38.7 Å². The van der Waals surface area contributed by atoms with E-state index in [9.17, 15) is 9.18 Å². The third-order valence-electron chi connectivity index (χ3n) is 2.49. The van der Waals surface area contributed by atoms with Gasteiger partial charge in [0.15, 0.2) is 0 Å². The van der Waals surface area contributed by atoms with Crippen LogP contribution in [0.1, 0.15) is 18.5 Å². The van der Waals surface area contributed by atoms with Crippen molar-refractivity contribution < 1.29 is 14.3 Å². The molecule has 0 radical (unpaired) electrons. The minimum atomic E-state index is -1.27. The number of nitrogens with zero attached hydrogens (tertiary/aromatic N) is 1. The lowest BCUT2D eigenvalue weighted by atomic mass is 10.1. The first kappa shape index (κ1) is 12.4. The number of halogens is 1. The Morgan fingerprint density at radius 2 is 2.12 bits per heavy atom. The molecule has 0 saturated heterocycles. The standard InChI is InChI=1S/C11H15FN2O2/c1-7(14(2)3)8-4-5-10(9(12)6-8)13-11(15)16/h4-7,13H,1-3H3,(H,15,16)/t7-/m0/s1. The van der Waals surface area contributed by atoms with Crippen LogP contribution >= 0.6 is 0 Å². The van der Waals surface area contributed by atoms with Gasteiger partial charge in [0.25, 0.3) is 0 Å². The van der Waals surface area contributed by atoms with Crippen molar-refractivity contribution in [3.63, 3.8) is 0 Å². The van der Waals surface area contributed by atoms with Crippen molar-refractivity contribution >= 4 is 11.8 Å². The van der Waals surface area contributed by atoms with Gasteiger partial charge in [-0.15, -0.1) is 0 Å². The molecule has 2 N–H and O–H groups in total. The Bertz CT molecular complexity index is 394. The van der Waals surface area contributed by atoms with Crippen LogP contribution in [0.3, 0.4) is 0 Å². The number of amides is 1. The Morgan fingerprint density at radius 3 is 2.56 bits per heavy atom. The van der Waals surface area contributed by atoms with Crippen molar-refractivity contribution in [1.29, 1.82) is 0 Å². The molecule has 4 nitrogen and oxygen atoms in total. The number of benzene rings is 1. The summed E-state index contributed by atoms with van der Waals surface area (Å²) in [5.41, 5.74) is 0.778. The summed E-state index contributed by atoms with van der Waals surface area (Å²) in [6, 6.07) is 4.56. The van der Waals surface area contributed by atoms with Gasteiger partial charge in [-0.3, -0.25) is 5.32 Å². The van der Waals surface area contributed by atoms with Gasteiger partial charge in [-0.25, -0.2) is 9.18 Å². The Balaban J connectivity index is 2.94. The Morgan fingerprint density at radius 1 is 1.50 bits per heavy atom. The molecule has 1 atom stereocenters. The maximum absolute atomic E-state index is 13.5. The predicted octanol–water partition coefficient (Wildman–Crippen LogP) is 2.54. The number of rotatable bonds is 3. The lowest BCUT2D eigenvalue weighted by Gasteiger charge is -2.20. The molecule has 1 aromatic rings. The summed E-state index contributed by atoms with van der Waals surface area (Å²) in [5, 5.41) is 10.5. The molecule has 0 heterocycles. The van der Waals surface area contributed by atoms with Crippen LogP contribution in [-0.4, -0.2) is 30.2 Å². The van der Waals surface area contributed by atoms with Crippen molar-refractivity contribution in [3.05, 3.63) is 29.6 Å². The fourth-order valence-corrected chi connectivity index (χ4v) is 1.31. The number of carboxylic acid groups (broad SMARTS) is 1. The van der Waals surface area contributed by atoms with Crippen LogP contribution in [-0.2, 0) is 0 Å². The van der Waals surface area contributed by atoms with Crippen LogP contribution in [0.25, 0.3) is 0 Å². The van der Waals surface area contributed by atoms with Gasteiger partial charge in [0.05, 0.1) is 5.69 Å². The van der Waals surface area contributed by atoms with E-state index >= 15 is 0 Å². The van der Waals surface area contributed by atoms with Gasteiger partial charge in [0.2, 0.25) is 0 Å². The number of carbonyl (C=O) groups is 1. The zero-order valence-electron chi connectivity index (χ0n) is 9.49. The second-order valence-corrected chi connectivity index (χ2v) is 3.81. The molecule has 0 unspecified atom stereocenters. The molecule has 0 bridgehead atoms. The lowest BCUT2D eigenvalue weighted by molar-refractivity contribution is 0.209. The van der Waals surface area contributed by atoms with Gasteiger partial charge in [-0.2, -0.15) is 0 Å². The number of anilines is 1. The second-order valence-electron chi connectivity index (χ2n) is 3.81. The summed E-state index contributed by atoms with van der Waals surface area (Å²) in [6.45, 7) is 1.94. The Labute approximate surface area is 93.7 Å². The van der Waals surface area contributed by atoms with E-state index < -0.39 is 11.9 Å². The van der Waals surface area contributed by atoms with E-state index in [0.717, 1.165) is 5.56 Å². The zero-order chi connectivity index (χ0) is 12.3. The van der Waals surface area contributed by atoms with E-state index in [0.29, 0.717) is 0 Å². The van der Waals surface area contributed by atoms with Gasteiger partial charge in [0, 0.05) is 6.04 Å². The van der Waals surface area contributed by atoms with Crippen LogP contribution in [0.15, 0.2) is 18.2 Å². The van der Waals surface area contributed by atoms with Crippen molar-refractivity contribution in [1.82, 2.24) is 4.90 Å². The molecule has 1 aromatic carbocycles. The first-order chi connectivity index (χ1) is 7.41. The molecule has 0 fully saturated rings. The number of hydrogen-bond donors (Lipinski definition) is 2. The SMILES string of the molecule is C[C@@H](c1ccc(NC(=O)O)c(F)c1)N(C)C. The molecule has 0 aliphatic rings. The first-order valence-corrected chi connectivity index (χ1v) is 4.87. The Kier molecular flexibility index (Phi) is 3.84. The summed E-state index contributed by atoms with van der Waals surface area (Å²) in [5.74, 6) is -0.561. The quantitative estimate of drug-likeness (QED) is 0.832. The third-order valence-corrected chi connectivity index (χ3v) is 2.49. The highest BCUT2D eigenvalue weighted by molar-refractivity contribution is 5.82. The maximum atomic E-state index is 13.5. The van der Waals surface area contributed by atoms with Crippen LogP contribution in [0.2, 0.25) is 0 Å². The third kappa shape index (κ3) is 2.93. The smallest absolute Gasteiger partial charge is 0.409 e. The summed E-state index contributed by atoms with van der Waals surface area (Å²) in [4.78, 5) is 12.3. The fraction of sp³-hybridized carbons (Fsp3) is 0.364. The zero-order valence-corrected chi connectivity index (χ0v) is 9.49. The van der Waals surface area contributed by atoms with Crippen molar-refractivity contribution in [3.8, 4) is 0 Å². The highest BCUT2D eigenvalue weighted by Gasteiger charge is 2.11. The molecular weight excluding hydrogens is 211 g/mol. The van der Waals surface area contributed by atoms with Gasteiger partial charge in [-0.1, -0.05) is 6.07 Å². The van der Waals surface area contributed by atoms with Crippen LogP contribution in [0, 0.1) is 5.82 Å². The summed E-state index contributed by atoms with van der Waals surface area (Å²) < 4.78 is 13.5. The van der Waals surface area contributed by atoms with Gasteiger partial charge < -0.3 is 10.0 Å². The van der Waals surface area contributed by atoms with Crippen molar-refractivity contribution in [2.45, 2.75) is 13.0 Å². The highest BCUT2D eigenvalue weighted by atomic mass is 19.1.